The summed E-state index contributed by atoms with van der Waals surface area (Å²) >= 11 is 0. The fourth-order valence-corrected chi connectivity index (χ4v) is 2.83. The van der Waals surface area contributed by atoms with Crippen molar-refractivity contribution in [3.05, 3.63) is 24.3 Å². The van der Waals surface area contributed by atoms with Crippen LogP contribution in [0.2, 0.25) is 0 Å². The van der Waals surface area contributed by atoms with Crippen LogP contribution in [0.25, 0.3) is 0 Å². The van der Waals surface area contributed by atoms with Gasteiger partial charge in [0.15, 0.2) is 6.10 Å². The van der Waals surface area contributed by atoms with Crippen molar-refractivity contribution in [2.24, 2.45) is 0 Å². The summed E-state index contributed by atoms with van der Waals surface area (Å²) in [5.41, 5.74) is 1.13. The second-order valence-electron chi connectivity index (χ2n) is 5.45. The number of piperazine rings is 1. The molecule has 0 saturated carbocycles. The van der Waals surface area contributed by atoms with E-state index < -0.39 is 6.10 Å². The highest BCUT2D eigenvalue weighted by atomic mass is 16.6. The van der Waals surface area contributed by atoms with E-state index in [0.29, 0.717) is 32.9 Å². The lowest BCUT2D eigenvalue weighted by Crippen LogP contribution is -2.53. The minimum atomic E-state index is -0.433. The Bertz CT molecular complexity index is 509. The van der Waals surface area contributed by atoms with E-state index in [1.165, 1.54) is 0 Å². The summed E-state index contributed by atoms with van der Waals surface area (Å²) in [5, 5.41) is 0. The molecule has 2 aliphatic heterocycles. The summed E-state index contributed by atoms with van der Waals surface area (Å²) in [6, 6.07) is 8.01. The molecule has 3 rings (SSSR count). The highest BCUT2D eigenvalue weighted by Crippen LogP contribution is 2.22. The normalized spacial score (nSPS) is 22.5. The van der Waals surface area contributed by atoms with Gasteiger partial charge in [-0.3, -0.25) is 4.79 Å². The maximum absolute atomic E-state index is 12.4. The second-order valence-corrected chi connectivity index (χ2v) is 5.45. The third-order valence-corrected chi connectivity index (χ3v) is 4.10. The monoisotopic (exact) mass is 306 g/mol. The molecule has 22 heavy (non-hydrogen) atoms. The van der Waals surface area contributed by atoms with Crippen molar-refractivity contribution in [2.75, 3.05) is 58.0 Å². The number of nitrogens with zero attached hydrogens (tertiary/aromatic N) is 2. The Morgan fingerprint density at radius 1 is 1.23 bits per heavy atom. The largest absolute Gasteiger partial charge is 0.497 e. The molecule has 0 unspecified atom stereocenters. The number of methoxy groups -OCH3 is 1. The van der Waals surface area contributed by atoms with Crippen LogP contribution in [0.15, 0.2) is 24.3 Å². The Kier molecular flexibility index (Phi) is 4.80. The predicted octanol–water partition coefficient (Wildman–Crippen LogP) is 0.759. The summed E-state index contributed by atoms with van der Waals surface area (Å²) in [7, 11) is 1.67. The van der Waals surface area contributed by atoms with E-state index in [0.717, 1.165) is 24.5 Å². The van der Waals surface area contributed by atoms with Crippen LogP contribution < -0.4 is 9.64 Å². The van der Waals surface area contributed by atoms with E-state index in [9.17, 15) is 4.79 Å². The minimum absolute atomic E-state index is 0.0463. The molecule has 0 bridgehead atoms. The van der Waals surface area contributed by atoms with Crippen molar-refractivity contribution in [1.29, 1.82) is 0 Å². The van der Waals surface area contributed by atoms with Crippen LogP contribution in [0.5, 0.6) is 5.75 Å². The highest BCUT2D eigenvalue weighted by molar-refractivity contribution is 5.81. The first-order valence-corrected chi connectivity index (χ1v) is 7.65. The van der Waals surface area contributed by atoms with Gasteiger partial charge in [0.1, 0.15) is 5.75 Å². The third-order valence-electron chi connectivity index (χ3n) is 4.10. The molecule has 0 radical (unpaired) electrons. The molecule has 1 aromatic rings. The summed E-state index contributed by atoms with van der Waals surface area (Å²) in [5.74, 6) is 0.897. The average Bonchev–Trinajstić information content (AvgIpc) is 2.62. The predicted molar refractivity (Wildman–Crippen MR) is 82.3 cm³/mol. The van der Waals surface area contributed by atoms with Crippen molar-refractivity contribution in [1.82, 2.24) is 4.90 Å². The van der Waals surface area contributed by atoms with E-state index in [1.54, 1.807) is 7.11 Å². The minimum Gasteiger partial charge on any atom is -0.497 e. The van der Waals surface area contributed by atoms with E-state index >= 15 is 0 Å². The van der Waals surface area contributed by atoms with Gasteiger partial charge in [-0.2, -0.15) is 0 Å². The van der Waals surface area contributed by atoms with Gasteiger partial charge >= 0.3 is 0 Å². The number of amides is 1. The number of hydrogen-bond donors (Lipinski definition) is 0. The molecule has 2 saturated heterocycles. The zero-order valence-corrected chi connectivity index (χ0v) is 12.9. The van der Waals surface area contributed by atoms with Crippen LogP contribution in [0.4, 0.5) is 5.69 Å². The molecule has 2 heterocycles. The van der Waals surface area contributed by atoms with Gasteiger partial charge in [0.25, 0.3) is 5.91 Å². The van der Waals surface area contributed by atoms with Crippen LogP contribution >= 0.6 is 0 Å². The summed E-state index contributed by atoms with van der Waals surface area (Å²) in [6.45, 7) is 4.48. The second kappa shape index (κ2) is 6.98. The van der Waals surface area contributed by atoms with E-state index in [-0.39, 0.29) is 5.91 Å². The number of carbonyl (C=O) groups is 1. The van der Waals surface area contributed by atoms with Gasteiger partial charge in [0.2, 0.25) is 0 Å². The average molecular weight is 306 g/mol. The Labute approximate surface area is 130 Å². The number of ether oxygens (including phenoxy) is 3. The van der Waals surface area contributed by atoms with E-state index in [2.05, 4.69) is 11.0 Å². The van der Waals surface area contributed by atoms with Crippen LogP contribution in [0.1, 0.15) is 0 Å². The lowest BCUT2D eigenvalue weighted by Gasteiger charge is -2.38. The van der Waals surface area contributed by atoms with Crippen molar-refractivity contribution >= 4 is 11.6 Å². The molecule has 6 heteroatoms. The van der Waals surface area contributed by atoms with Gasteiger partial charge < -0.3 is 24.0 Å². The SMILES string of the molecule is COc1cccc(N2CCN(C(=O)[C@@H]3COCCO3)CC2)c1. The molecule has 1 amide bonds. The smallest absolute Gasteiger partial charge is 0.254 e. The molecule has 120 valence electrons. The molecule has 2 aliphatic rings. The van der Waals surface area contributed by atoms with Crippen molar-refractivity contribution in [2.45, 2.75) is 6.10 Å². The van der Waals surface area contributed by atoms with Gasteiger partial charge in [-0.05, 0) is 12.1 Å². The number of hydrogen-bond acceptors (Lipinski definition) is 5. The summed E-state index contributed by atoms with van der Waals surface area (Å²) < 4.78 is 16.1. The first-order chi connectivity index (χ1) is 10.8. The fraction of sp³-hybridized carbons (Fsp3) is 0.562. The van der Waals surface area contributed by atoms with Crippen molar-refractivity contribution in [3.8, 4) is 5.75 Å². The van der Waals surface area contributed by atoms with Crippen LogP contribution in [0.3, 0.4) is 0 Å². The molecular formula is C16H22N2O4. The Morgan fingerprint density at radius 2 is 2.05 bits per heavy atom. The number of rotatable bonds is 3. The molecule has 1 atom stereocenters. The first kappa shape index (κ1) is 15.1. The van der Waals surface area contributed by atoms with Gasteiger partial charge in [0.05, 0.1) is 26.9 Å². The maximum atomic E-state index is 12.4. The molecule has 1 aromatic carbocycles. The quantitative estimate of drug-likeness (QED) is 0.825. The number of benzene rings is 1. The van der Waals surface area contributed by atoms with Crippen molar-refractivity contribution in [3.63, 3.8) is 0 Å². The lowest BCUT2D eigenvalue weighted by atomic mass is 10.2. The summed E-state index contributed by atoms with van der Waals surface area (Å²) in [4.78, 5) is 16.5. The van der Waals surface area contributed by atoms with Crippen LogP contribution in [-0.2, 0) is 14.3 Å². The summed E-state index contributed by atoms with van der Waals surface area (Å²) in [6.07, 6.45) is -0.433. The molecule has 0 aromatic heterocycles. The van der Waals surface area contributed by atoms with E-state index in [1.807, 2.05) is 23.1 Å². The maximum Gasteiger partial charge on any atom is 0.254 e. The lowest BCUT2D eigenvalue weighted by molar-refractivity contribution is -0.158. The Balaban J connectivity index is 1.56. The van der Waals surface area contributed by atoms with Crippen LogP contribution in [0, 0.1) is 0 Å². The molecule has 0 spiro atoms. The van der Waals surface area contributed by atoms with Gasteiger partial charge in [0, 0.05) is 37.9 Å². The number of carbonyl (C=O) groups excluding carboxylic acids is 1. The topological polar surface area (TPSA) is 51.2 Å². The standard InChI is InChI=1S/C16H22N2O4/c1-20-14-4-2-3-13(11-14)17-5-7-18(8-6-17)16(19)15-12-21-9-10-22-15/h2-4,11,15H,5-10,12H2,1H3/t15-/m0/s1. The van der Waals surface area contributed by atoms with Crippen LogP contribution in [-0.4, -0.2) is 70.0 Å². The first-order valence-electron chi connectivity index (χ1n) is 7.65. The molecule has 2 fully saturated rings. The van der Waals surface area contributed by atoms with Crippen molar-refractivity contribution < 1.29 is 19.0 Å². The molecule has 0 aliphatic carbocycles. The fourth-order valence-electron chi connectivity index (χ4n) is 2.83. The highest BCUT2D eigenvalue weighted by Gasteiger charge is 2.29. The Hall–Kier alpha value is -1.79. The number of anilines is 1. The Morgan fingerprint density at radius 3 is 2.73 bits per heavy atom. The van der Waals surface area contributed by atoms with Gasteiger partial charge in [-0.1, -0.05) is 6.07 Å². The molecule has 6 nitrogen and oxygen atoms in total. The molecular weight excluding hydrogens is 284 g/mol. The molecule has 0 N–H and O–H groups in total. The zero-order chi connectivity index (χ0) is 15.4. The van der Waals surface area contributed by atoms with Gasteiger partial charge in [-0.25, -0.2) is 0 Å². The third kappa shape index (κ3) is 3.34. The van der Waals surface area contributed by atoms with Gasteiger partial charge in [-0.15, -0.1) is 0 Å². The van der Waals surface area contributed by atoms with E-state index in [4.69, 9.17) is 14.2 Å². The zero-order valence-electron chi connectivity index (χ0n) is 12.9.